The summed E-state index contributed by atoms with van der Waals surface area (Å²) in [6.07, 6.45) is 0. The van der Waals surface area contributed by atoms with Gasteiger partial charge in [0.25, 0.3) is 11.8 Å². The van der Waals surface area contributed by atoms with Crippen molar-refractivity contribution >= 4 is 60.7 Å². The molecule has 3 N–H and O–H groups in total. The van der Waals surface area contributed by atoms with Crippen molar-refractivity contribution in [2.45, 2.75) is 0 Å². The zero-order chi connectivity index (χ0) is 14.0. The molecule has 0 aliphatic heterocycles. The van der Waals surface area contributed by atoms with E-state index >= 15 is 0 Å². The number of halogens is 2. The largest absolute Gasteiger partial charge is 0.366 e. The number of nitrogens with two attached hydrogens (primary N) is 1. The quantitative estimate of drug-likeness (QED) is 0.821. The van der Waals surface area contributed by atoms with E-state index in [-0.39, 0.29) is 11.5 Å². The third kappa shape index (κ3) is 3.23. The van der Waals surface area contributed by atoms with Gasteiger partial charge in [0, 0.05) is 4.47 Å². The highest BCUT2D eigenvalue weighted by Crippen LogP contribution is 2.32. The van der Waals surface area contributed by atoms with Crippen molar-refractivity contribution in [3.05, 3.63) is 49.0 Å². The molecule has 98 valence electrons. The molecule has 0 aliphatic carbocycles. The Labute approximate surface area is 130 Å². The number of rotatable bonds is 3. The molecule has 0 atom stereocenters. The van der Waals surface area contributed by atoms with Crippen LogP contribution in [-0.4, -0.2) is 11.8 Å². The summed E-state index contributed by atoms with van der Waals surface area (Å²) in [4.78, 5) is 23.8. The summed E-state index contributed by atoms with van der Waals surface area (Å²) in [6.45, 7) is 0. The molecule has 0 unspecified atom stereocenters. The first kappa shape index (κ1) is 14.2. The van der Waals surface area contributed by atoms with Gasteiger partial charge in [-0.2, -0.15) is 0 Å². The summed E-state index contributed by atoms with van der Waals surface area (Å²) in [5.74, 6) is -0.866. The Kier molecular flexibility index (Phi) is 4.38. The number of nitrogens with one attached hydrogen (secondary N) is 1. The van der Waals surface area contributed by atoms with Gasteiger partial charge in [-0.25, -0.2) is 0 Å². The van der Waals surface area contributed by atoms with E-state index in [9.17, 15) is 9.59 Å². The molecule has 0 bridgehead atoms. The van der Waals surface area contributed by atoms with Crippen molar-refractivity contribution in [3.63, 3.8) is 0 Å². The Balaban J connectivity index is 2.26. The van der Waals surface area contributed by atoms with E-state index in [4.69, 9.17) is 5.73 Å². The lowest BCUT2D eigenvalue weighted by Crippen LogP contribution is -2.17. The summed E-state index contributed by atoms with van der Waals surface area (Å²) in [6, 6.07) is 8.32. The molecule has 2 aromatic rings. The Morgan fingerprint density at radius 2 is 1.89 bits per heavy atom. The fourth-order valence-electron chi connectivity index (χ4n) is 1.45. The normalized spacial score (nSPS) is 10.2. The molecule has 19 heavy (non-hydrogen) atoms. The highest BCUT2D eigenvalue weighted by Gasteiger charge is 2.15. The van der Waals surface area contributed by atoms with Crippen molar-refractivity contribution in [1.29, 1.82) is 0 Å². The number of primary amides is 1. The number of para-hydroxylation sites is 1. The minimum atomic E-state index is -0.579. The number of hydrogen-bond donors (Lipinski definition) is 2. The van der Waals surface area contributed by atoms with Crippen LogP contribution in [0.5, 0.6) is 0 Å². The van der Waals surface area contributed by atoms with Gasteiger partial charge in [0.05, 0.1) is 19.9 Å². The molecule has 1 heterocycles. The van der Waals surface area contributed by atoms with Crippen LogP contribution >= 0.6 is 43.2 Å². The van der Waals surface area contributed by atoms with Crippen LogP contribution in [0, 0.1) is 0 Å². The summed E-state index contributed by atoms with van der Waals surface area (Å²) in [7, 11) is 0. The number of thiophene rings is 1. The maximum Gasteiger partial charge on any atom is 0.265 e. The van der Waals surface area contributed by atoms with E-state index in [1.807, 2.05) is 0 Å². The van der Waals surface area contributed by atoms with Gasteiger partial charge in [0.2, 0.25) is 0 Å². The molecule has 0 saturated heterocycles. The van der Waals surface area contributed by atoms with E-state index in [1.165, 1.54) is 11.3 Å². The number of carbonyl (C=O) groups excluding carboxylic acids is 2. The van der Waals surface area contributed by atoms with E-state index in [0.717, 1.165) is 8.26 Å². The topological polar surface area (TPSA) is 72.2 Å². The van der Waals surface area contributed by atoms with Crippen molar-refractivity contribution in [2.24, 2.45) is 5.73 Å². The lowest BCUT2D eigenvalue weighted by molar-refractivity contribution is 0.100. The maximum atomic E-state index is 12.1. The molecular formula is C12H8Br2N2O2S. The van der Waals surface area contributed by atoms with E-state index in [0.29, 0.717) is 10.6 Å². The Morgan fingerprint density at radius 1 is 1.21 bits per heavy atom. The summed E-state index contributed by atoms with van der Waals surface area (Å²) < 4.78 is 1.65. The minimum Gasteiger partial charge on any atom is -0.366 e. The molecule has 0 saturated carbocycles. The number of carbonyl (C=O) groups is 2. The lowest BCUT2D eigenvalue weighted by atomic mass is 10.1. The number of benzene rings is 1. The van der Waals surface area contributed by atoms with Crippen LogP contribution < -0.4 is 11.1 Å². The average Bonchev–Trinajstić information content (AvgIpc) is 2.70. The number of anilines is 1. The van der Waals surface area contributed by atoms with Gasteiger partial charge in [-0.1, -0.05) is 12.1 Å². The third-order valence-corrected chi connectivity index (χ3v) is 5.56. The predicted molar refractivity (Wildman–Crippen MR) is 82.6 cm³/mol. The average molecular weight is 404 g/mol. The van der Waals surface area contributed by atoms with Crippen LogP contribution in [0.15, 0.2) is 38.6 Å². The second kappa shape index (κ2) is 5.85. The molecule has 0 fully saturated rings. The molecule has 1 aromatic heterocycles. The minimum absolute atomic E-state index is 0.283. The van der Waals surface area contributed by atoms with Crippen LogP contribution in [0.25, 0.3) is 0 Å². The van der Waals surface area contributed by atoms with E-state index in [2.05, 4.69) is 37.2 Å². The summed E-state index contributed by atoms with van der Waals surface area (Å²) in [5.41, 5.74) is 5.94. The van der Waals surface area contributed by atoms with Crippen LogP contribution in [0.2, 0.25) is 0 Å². The molecule has 0 aliphatic rings. The SMILES string of the molecule is NC(=O)c1ccccc1NC(=O)c1cc(Br)c(Br)s1. The Hall–Kier alpha value is -1.18. The lowest BCUT2D eigenvalue weighted by Gasteiger charge is -2.07. The Morgan fingerprint density at radius 3 is 2.47 bits per heavy atom. The molecule has 1 aromatic carbocycles. The van der Waals surface area contributed by atoms with Gasteiger partial charge in [0.15, 0.2) is 0 Å². The van der Waals surface area contributed by atoms with E-state index in [1.54, 1.807) is 30.3 Å². The van der Waals surface area contributed by atoms with Gasteiger partial charge >= 0.3 is 0 Å². The predicted octanol–water partition coefficient (Wildman–Crippen LogP) is 3.62. The first-order valence-corrected chi connectivity index (χ1v) is 7.54. The molecule has 2 amide bonds. The zero-order valence-electron chi connectivity index (χ0n) is 9.44. The molecule has 4 nitrogen and oxygen atoms in total. The van der Waals surface area contributed by atoms with Gasteiger partial charge < -0.3 is 11.1 Å². The van der Waals surface area contributed by atoms with Crippen LogP contribution in [0.3, 0.4) is 0 Å². The van der Waals surface area contributed by atoms with Crippen LogP contribution in [-0.2, 0) is 0 Å². The summed E-state index contributed by atoms with van der Waals surface area (Å²) >= 11 is 7.94. The van der Waals surface area contributed by atoms with Crippen molar-refractivity contribution in [2.75, 3.05) is 5.32 Å². The standard InChI is InChI=1S/C12H8Br2N2O2S/c13-7-5-9(19-10(7)14)12(18)16-8-4-2-1-3-6(8)11(15)17/h1-5H,(H2,15,17)(H,16,18). The van der Waals surface area contributed by atoms with Gasteiger partial charge in [-0.3, -0.25) is 9.59 Å². The monoisotopic (exact) mass is 402 g/mol. The first-order chi connectivity index (χ1) is 8.99. The highest BCUT2D eigenvalue weighted by molar-refractivity contribution is 9.13. The van der Waals surface area contributed by atoms with Gasteiger partial charge in [-0.15, -0.1) is 11.3 Å². The smallest absolute Gasteiger partial charge is 0.265 e. The van der Waals surface area contributed by atoms with Crippen molar-refractivity contribution < 1.29 is 9.59 Å². The molecule has 2 rings (SSSR count). The fourth-order valence-corrected chi connectivity index (χ4v) is 3.38. The molecule has 0 radical (unpaired) electrons. The highest BCUT2D eigenvalue weighted by atomic mass is 79.9. The van der Waals surface area contributed by atoms with Crippen LogP contribution in [0.4, 0.5) is 5.69 Å². The number of hydrogen-bond acceptors (Lipinski definition) is 3. The van der Waals surface area contributed by atoms with Crippen LogP contribution in [0.1, 0.15) is 20.0 Å². The second-order valence-corrected chi connectivity index (χ2v) is 6.82. The van der Waals surface area contributed by atoms with Crippen molar-refractivity contribution in [1.82, 2.24) is 0 Å². The van der Waals surface area contributed by atoms with E-state index < -0.39 is 5.91 Å². The van der Waals surface area contributed by atoms with Gasteiger partial charge in [0.1, 0.15) is 0 Å². The summed E-state index contributed by atoms with van der Waals surface area (Å²) in [5, 5.41) is 2.68. The Bertz CT molecular complexity index is 635. The van der Waals surface area contributed by atoms with Gasteiger partial charge in [-0.05, 0) is 50.1 Å². The second-order valence-electron chi connectivity index (χ2n) is 3.60. The third-order valence-electron chi connectivity index (χ3n) is 2.31. The molecule has 7 heteroatoms. The maximum absolute atomic E-state index is 12.1. The number of amides is 2. The van der Waals surface area contributed by atoms with Crippen molar-refractivity contribution in [3.8, 4) is 0 Å². The first-order valence-electron chi connectivity index (χ1n) is 5.14. The fraction of sp³-hybridized carbons (Fsp3) is 0. The zero-order valence-corrected chi connectivity index (χ0v) is 13.4. The molecule has 0 spiro atoms. The molecular weight excluding hydrogens is 396 g/mol.